The molecule has 1 heterocycles. The molecule has 1 aromatic heterocycles. The molecule has 0 aliphatic rings. The van der Waals surface area contributed by atoms with Crippen molar-refractivity contribution in [2.75, 3.05) is 0 Å². The zero-order valence-corrected chi connectivity index (χ0v) is 40.3. The third-order valence-corrected chi connectivity index (χ3v) is 25.0. The highest BCUT2D eigenvalue weighted by molar-refractivity contribution is 7.13. The molecule has 0 aliphatic carbocycles. The van der Waals surface area contributed by atoms with Crippen LogP contribution in [0.25, 0.3) is 10.1 Å². The zero-order valence-electron chi connectivity index (χ0n) is 37.5. The lowest BCUT2D eigenvalue weighted by atomic mass is 9.87. The molecule has 0 amide bonds. The molecule has 4 aromatic rings. The fraction of sp³-hybridized carbons (Fsp3) is 0.562. The van der Waals surface area contributed by atoms with Crippen molar-refractivity contribution in [1.82, 2.24) is 4.37 Å². The highest BCUT2D eigenvalue weighted by Crippen LogP contribution is 2.44. The van der Waals surface area contributed by atoms with Crippen LogP contribution in [-0.2, 0) is 16.0 Å². The Bertz CT molecular complexity index is 1790. The molecule has 0 radical (unpaired) electrons. The summed E-state index contributed by atoms with van der Waals surface area (Å²) in [4.78, 5) is 24.8. The molecule has 0 saturated carbocycles. The Labute approximate surface area is 351 Å². The Hall–Kier alpha value is -3.28. The van der Waals surface area contributed by atoms with Crippen molar-refractivity contribution in [3.8, 4) is 11.5 Å². The van der Waals surface area contributed by atoms with E-state index in [-0.39, 0.29) is 11.7 Å². The average Bonchev–Trinajstić information content (AvgIpc) is 3.62. The molecule has 0 fully saturated rings. The van der Waals surface area contributed by atoms with E-state index in [2.05, 4.69) is 137 Å². The van der Waals surface area contributed by atoms with Gasteiger partial charge in [-0.3, -0.25) is 9.59 Å². The Morgan fingerprint density at radius 3 is 1.40 bits per heavy atom. The summed E-state index contributed by atoms with van der Waals surface area (Å²) in [6, 6.07) is 22.4. The van der Waals surface area contributed by atoms with E-state index in [0.717, 1.165) is 57.5 Å². The molecule has 2 unspecified atom stereocenters. The smallest absolute Gasteiger partial charge is 0.310 e. The minimum atomic E-state index is -1.99. The number of Topliss-reactive ketones (excluding diaryl/α,β-unsaturated/α-hetero) is 1. The minimum absolute atomic E-state index is 0.0801. The standard InChI is InChI=1S/C28H39NO2SSi.C20H34O3Si/c1-8-9-26(27(30)16-22-10-11-24-18-29-32-28(24)17-22)23-12-14-25(15-13-23)31-33(19(2)3,20(4)5)21(6)7;1-8-9-19(20(21)22)17-10-12-18(13-11-17)23-24(14(2)3,15(4)5)16(6)7/h10-15,17-21,26H,8-9,16H2,1-7H3;10-16,19H,8-9H2,1-7H3,(H,21,22). The Morgan fingerprint density at radius 1 is 0.614 bits per heavy atom. The van der Waals surface area contributed by atoms with Gasteiger partial charge in [0.05, 0.1) is 10.6 Å². The second kappa shape index (κ2) is 21.6. The van der Waals surface area contributed by atoms with Crippen molar-refractivity contribution in [3.63, 3.8) is 0 Å². The first-order valence-electron chi connectivity index (χ1n) is 21.5. The van der Waals surface area contributed by atoms with Gasteiger partial charge in [0, 0.05) is 23.9 Å². The molecule has 3 aromatic carbocycles. The highest BCUT2D eigenvalue weighted by Gasteiger charge is 2.48. The molecule has 1 N–H and O–H groups in total. The topological polar surface area (TPSA) is 85.7 Å². The summed E-state index contributed by atoms with van der Waals surface area (Å²) in [5, 5.41) is 10.5. The molecular weight excluding hydrogens is 759 g/mol. The van der Waals surface area contributed by atoms with E-state index in [0.29, 0.717) is 46.1 Å². The van der Waals surface area contributed by atoms with Crippen LogP contribution in [0.5, 0.6) is 11.5 Å². The fourth-order valence-corrected chi connectivity index (χ4v) is 20.7. The number of carbonyl (C=O) groups is 2. The van der Waals surface area contributed by atoms with Crippen LogP contribution in [0, 0.1) is 0 Å². The van der Waals surface area contributed by atoms with Gasteiger partial charge in [0.2, 0.25) is 0 Å². The average molecular weight is 832 g/mol. The maximum Gasteiger partial charge on any atom is 0.310 e. The molecule has 0 aliphatic heterocycles. The van der Waals surface area contributed by atoms with Crippen LogP contribution in [0.3, 0.4) is 0 Å². The number of aliphatic carboxylic acids is 1. The number of fused-ring (bicyclic) bond motifs is 1. The van der Waals surface area contributed by atoms with Gasteiger partial charge in [0.15, 0.2) is 0 Å². The van der Waals surface area contributed by atoms with Crippen LogP contribution in [0.4, 0.5) is 0 Å². The van der Waals surface area contributed by atoms with Crippen LogP contribution >= 0.6 is 11.5 Å². The molecule has 0 saturated heterocycles. The van der Waals surface area contributed by atoms with E-state index in [1.807, 2.05) is 37.4 Å². The summed E-state index contributed by atoms with van der Waals surface area (Å²) in [6.07, 6.45) is 5.71. The van der Waals surface area contributed by atoms with Crippen molar-refractivity contribution in [2.24, 2.45) is 0 Å². The van der Waals surface area contributed by atoms with Gasteiger partial charge in [-0.2, -0.15) is 4.37 Å². The van der Waals surface area contributed by atoms with Crippen LogP contribution in [0.1, 0.15) is 151 Å². The lowest BCUT2D eigenvalue weighted by Gasteiger charge is -2.42. The van der Waals surface area contributed by atoms with E-state index in [1.165, 1.54) is 11.5 Å². The number of benzene rings is 3. The number of aromatic nitrogens is 1. The number of rotatable bonds is 20. The highest BCUT2D eigenvalue weighted by atomic mass is 32.1. The van der Waals surface area contributed by atoms with Crippen molar-refractivity contribution >= 4 is 50.0 Å². The molecule has 2 atom stereocenters. The quantitative estimate of drug-likeness (QED) is 0.0893. The van der Waals surface area contributed by atoms with Crippen molar-refractivity contribution in [3.05, 3.63) is 89.6 Å². The molecule has 0 bridgehead atoms. The molecule has 57 heavy (non-hydrogen) atoms. The summed E-state index contributed by atoms with van der Waals surface area (Å²) in [6.45, 7) is 31.6. The second-order valence-corrected chi connectivity index (χ2v) is 29.4. The van der Waals surface area contributed by atoms with Gasteiger partial charge >= 0.3 is 5.97 Å². The number of ketones is 1. The molecule has 9 heteroatoms. The molecule has 0 spiro atoms. The molecule has 6 nitrogen and oxygen atoms in total. The predicted molar refractivity (Wildman–Crippen MR) is 248 cm³/mol. The lowest BCUT2D eigenvalue weighted by molar-refractivity contribution is -0.139. The monoisotopic (exact) mass is 831 g/mol. The zero-order chi connectivity index (χ0) is 42.7. The van der Waals surface area contributed by atoms with Crippen molar-refractivity contribution in [2.45, 2.75) is 174 Å². The molecular formula is C48H73NO5SSi2. The van der Waals surface area contributed by atoms with E-state index in [4.69, 9.17) is 8.85 Å². The van der Waals surface area contributed by atoms with E-state index in [1.54, 1.807) is 0 Å². The predicted octanol–water partition coefficient (Wildman–Crippen LogP) is 14.8. The second-order valence-electron chi connectivity index (χ2n) is 17.8. The van der Waals surface area contributed by atoms with Gasteiger partial charge < -0.3 is 14.0 Å². The van der Waals surface area contributed by atoms with Crippen molar-refractivity contribution < 1.29 is 23.5 Å². The van der Waals surface area contributed by atoms with Crippen LogP contribution in [-0.4, -0.2) is 37.9 Å². The summed E-state index contributed by atoms with van der Waals surface area (Å²) in [5.41, 5.74) is 6.17. The van der Waals surface area contributed by atoms with Gasteiger partial charge in [0.25, 0.3) is 16.6 Å². The first-order chi connectivity index (χ1) is 26.8. The third-order valence-electron chi connectivity index (χ3n) is 12.2. The summed E-state index contributed by atoms with van der Waals surface area (Å²) >= 11 is 1.48. The SMILES string of the molecule is CCCC(C(=O)Cc1ccc2cnsc2c1)c1ccc(O[Si](C(C)C)(C(C)C)C(C)C)cc1.CCCC(C(=O)O)c1ccc(O[Si](C(C)C)(C(C)C)C(C)C)cc1. The largest absolute Gasteiger partial charge is 0.543 e. The van der Waals surface area contributed by atoms with Gasteiger partial charge in [-0.15, -0.1) is 0 Å². The summed E-state index contributed by atoms with van der Waals surface area (Å²) < 4.78 is 18.8. The summed E-state index contributed by atoms with van der Waals surface area (Å²) in [7, 11) is -3.96. The Morgan fingerprint density at radius 2 is 1.02 bits per heavy atom. The van der Waals surface area contributed by atoms with Crippen LogP contribution in [0.15, 0.2) is 72.9 Å². The van der Waals surface area contributed by atoms with E-state index >= 15 is 0 Å². The van der Waals surface area contributed by atoms with Gasteiger partial charge in [0.1, 0.15) is 17.3 Å². The molecule has 4 rings (SSSR count). The number of carboxylic acids is 1. The number of hydrogen-bond acceptors (Lipinski definition) is 6. The maximum absolute atomic E-state index is 13.3. The van der Waals surface area contributed by atoms with E-state index < -0.39 is 28.5 Å². The number of carboxylic acid groups (broad SMARTS) is 1. The van der Waals surface area contributed by atoms with Crippen LogP contribution in [0.2, 0.25) is 33.2 Å². The molecule has 314 valence electrons. The fourth-order valence-electron chi connectivity index (χ4n) is 9.51. The Balaban J connectivity index is 0.000000322. The number of hydrogen-bond donors (Lipinski definition) is 1. The third kappa shape index (κ3) is 11.7. The maximum atomic E-state index is 13.3. The van der Waals surface area contributed by atoms with Gasteiger partial charge in [-0.25, -0.2) is 0 Å². The first-order valence-corrected chi connectivity index (χ1v) is 26.6. The first kappa shape index (κ1) is 48.1. The lowest BCUT2D eigenvalue weighted by Crippen LogP contribution is -2.50. The minimum Gasteiger partial charge on any atom is -0.543 e. The van der Waals surface area contributed by atoms with E-state index in [9.17, 15) is 14.7 Å². The number of nitrogens with zero attached hydrogens (tertiary/aromatic N) is 1. The summed E-state index contributed by atoms with van der Waals surface area (Å²) in [5.74, 6) is 0.849. The van der Waals surface area contributed by atoms with Crippen LogP contribution < -0.4 is 8.85 Å². The number of carbonyl (C=O) groups excluding carboxylic acids is 1. The van der Waals surface area contributed by atoms with Gasteiger partial charge in [-0.05, 0) is 105 Å². The van der Waals surface area contributed by atoms with Crippen molar-refractivity contribution in [1.29, 1.82) is 0 Å². The normalized spacial score (nSPS) is 13.4. The van der Waals surface area contributed by atoms with Gasteiger partial charge in [-0.1, -0.05) is 146 Å². The Kier molecular flexibility index (Phi) is 18.3.